The van der Waals surface area contributed by atoms with Gasteiger partial charge in [-0.3, -0.25) is 4.90 Å². The van der Waals surface area contributed by atoms with Gasteiger partial charge in [-0.25, -0.2) is 10.8 Å². The van der Waals surface area contributed by atoms with E-state index in [9.17, 15) is 0 Å². The maximum absolute atomic E-state index is 9.06. The van der Waals surface area contributed by atoms with Crippen molar-refractivity contribution in [3.8, 4) is 0 Å². The fourth-order valence-corrected chi connectivity index (χ4v) is 1.91. The van der Waals surface area contributed by atoms with Gasteiger partial charge in [-0.1, -0.05) is 6.07 Å². The average molecular weight is 238 g/mol. The van der Waals surface area contributed by atoms with Crippen molar-refractivity contribution in [3.05, 3.63) is 23.9 Å². The minimum absolute atomic E-state index is 0.0638. The molecule has 6 heteroatoms. The van der Waals surface area contributed by atoms with Gasteiger partial charge < -0.3 is 15.3 Å². The van der Waals surface area contributed by atoms with E-state index in [2.05, 4.69) is 15.3 Å². The van der Waals surface area contributed by atoms with E-state index in [1.165, 1.54) is 0 Å². The number of nitrogens with zero attached hydrogens (tertiary/aromatic N) is 2. The monoisotopic (exact) mass is 238 g/mol. The summed E-state index contributed by atoms with van der Waals surface area (Å²) < 4.78 is 5.40. The number of nitrogens with one attached hydrogen (secondary N) is 1. The number of nitrogen functional groups attached to an aromatic ring is 1. The molecule has 2 rings (SSSR count). The zero-order chi connectivity index (χ0) is 12.1. The summed E-state index contributed by atoms with van der Waals surface area (Å²) in [7, 11) is 0. The Morgan fingerprint density at radius 2 is 2.47 bits per heavy atom. The summed E-state index contributed by atoms with van der Waals surface area (Å²) in [6, 6.07) is 5.70. The molecule has 17 heavy (non-hydrogen) atoms. The quantitative estimate of drug-likeness (QED) is 0.487. The van der Waals surface area contributed by atoms with Crippen LogP contribution in [0.2, 0.25) is 0 Å². The number of hydrogen-bond donors (Lipinski definition) is 3. The molecule has 4 N–H and O–H groups in total. The van der Waals surface area contributed by atoms with Crippen LogP contribution in [-0.4, -0.2) is 47.4 Å². The lowest BCUT2D eigenvalue weighted by atomic mass is 10.2. The molecule has 0 spiro atoms. The highest BCUT2D eigenvalue weighted by molar-refractivity contribution is 5.33. The van der Waals surface area contributed by atoms with Crippen molar-refractivity contribution in [3.63, 3.8) is 0 Å². The molecular weight excluding hydrogens is 220 g/mol. The van der Waals surface area contributed by atoms with Crippen LogP contribution in [0.3, 0.4) is 0 Å². The van der Waals surface area contributed by atoms with Gasteiger partial charge >= 0.3 is 0 Å². The topological polar surface area (TPSA) is 83.6 Å². The third kappa shape index (κ3) is 3.37. The zero-order valence-corrected chi connectivity index (χ0v) is 9.67. The first-order valence-corrected chi connectivity index (χ1v) is 5.69. The van der Waals surface area contributed by atoms with Crippen molar-refractivity contribution < 1.29 is 9.84 Å². The third-order valence-electron chi connectivity index (χ3n) is 2.77. The summed E-state index contributed by atoms with van der Waals surface area (Å²) in [6.07, 6.45) is -0.0837. The van der Waals surface area contributed by atoms with Crippen LogP contribution in [0, 0.1) is 0 Å². The molecule has 6 nitrogen and oxygen atoms in total. The second-order valence-electron chi connectivity index (χ2n) is 4.07. The molecule has 1 aliphatic heterocycles. The van der Waals surface area contributed by atoms with Crippen molar-refractivity contribution in [1.29, 1.82) is 0 Å². The van der Waals surface area contributed by atoms with Gasteiger partial charge in [0.25, 0.3) is 0 Å². The lowest BCUT2D eigenvalue weighted by Crippen LogP contribution is -2.43. The molecule has 0 aromatic carbocycles. The Labute approximate surface area is 100 Å². The highest BCUT2D eigenvalue weighted by Gasteiger charge is 2.19. The van der Waals surface area contributed by atoms with Crippen LogP contribution in [0.5, 0.6) is 0 Å². The Morgan fingerprint density at radius 1 is 1.59 bits per heavy atom. The highest BCUT2D eigenvalue weighted by Crippen LogP contribution is 2.10. The first-order valence-electron chi connectivity index (χ1n) is 5.69. The predicted molar refractivity (Wildman–Crippen MR) is 64.1 cm³/mol. The number of aromatic nitrogens is 1. The van der Waals surface area contributed by atoms with E-state index in [1.807, 2.05) is 18.2 Å². The van der Waals surface area contributed by atoms with Crippen LogP contribution in [0.15, 0.2) is 18.2 Å². The number of nitrogens with two attached hydrogens (primary N) is 1. The molecule has 2 heterocycles. The molecular formula is C11H18N4O2. The van der Waals surface area contributed by atoms with Crippen LogP contribution < -0.4 is 11.3 Å². The fraction of sp³-hybridized carbons (Fsp3) is 0.545. The van der Waals surface area contributed by atoms with Crippen molar-refractivity contribution in [2.75, 3.05) is 31.7 Å². The van der Waals surface area contributed by atoms with Gasteiger partial charge in [-0.05, 0) is 12.1 Å². The summed E-state index contributed by atoms with van der Waals surface area (Å²) in [6.45, 7) is 3.06. The number of hydrogen-bond acceptors (Lipinski definition) is 6. The number of hydrazine groups is 1. The maximum Gasteiger partial charge on any atom is 0.140 e. The van der Waals surface area contributed by atoms with Gasteiger partial charge in [0.2, 0.25) is 0 Å². The van der Waals surface area contributed by atoms with E-state index in [0.29, 0.717) is 12.4 Å². The molecule has 1 atom stereocenters. The number of aliphatic hydroxyl groups excluding tert-OH is 1. The van der Waals surface area contributed by atoms with Crippen LogP contribution >= 0.6 is 0 Å². The highest BCUT2D eigenvalue weighted by atomic mass is 16.5. The molecule has 1 fully saturated rings. The van der Waals surface area contributed by atoms with E-state index in [4.69, 9.17) is 15.7 Å². The lowest BCUT2D eigenvalue weighted by Gasteiger charge is -2.31. The van der Waals surface area contributed by atoms with Gasteiger partial charge in [0.1, 0.15) is 5.82 Å². The summed E-state index contributed by atoms with van der Waals surface area (Å²) in [5.41, 5.74) is 3.49. The van der Waals surface area contributed by atoms with E-state index in [-0.39, 0.29) is 12.7 Å². The van der Waals surface area contributed by atoms with Gasteiger partial charge in [0.15, 0.2) is 0 Å². The van der Waals surface area contributed by atoms with E-state index >= 15 is 0 Å². The number of pyridine rings is 1. The predicted octanol–water partition coefficient (Wildman–Crippen LogP) is -0.440. The standard InChI is InChI=1S/C11H18N4O2/c12-14-11-3-1-2-9(13-11)6-15-4-5-17-10(7-15)8-16/h1-3,10,16H,4-8,12H2,(H,13,14). The van der Waals surface area contributed by atoms with Crippen molar-refractivity contribution in [2.45, 2.75) is 12.6 Å². The Morgan fingerprint density at radius 3 is 3.24 bits per heavy atom. The fourth-order valence-electron chi connectivity index (χ4n) is 1.91. The number of rotatable bonds is 4. The van der Waals surface area contributed by atoms with E-state index in [1.54, 1.807) is 0 Å². The Kier molecular flexibility index (Phi) is 4.27. The minimum atomic E-state index is -0.0837. The molecule has 0 aliphatic carbocycles. The van der Waals surface area contributed by atoms with Crippen molar-refractivity contribution in [2.24, 2.45) is 5.84 Å². The van der Waals surface area contributed by atoms with Crippen molar-refractivity contribution in [1.82, 2.24) is 9.88 Å². The van der Waals surface area contributed by atoms with Crippen molar-refractivity contribution >= 4 is 5.82 Å². The Balaban J connectivity index is 1.95. The number of anilines is 1. The number of ether oxygens (including phenoxy) is 1. The summed E-state index contributed by atoms with van der Waals surface area (Å²) >= 11 is 0. The number of morpholine rings is 1. The molecule has 94 valence electrons. The van der Waals surface area contributed by atoms with Gasteiger partial charge in [-0.15, -0.1) is 0 Å². The summed E-state index contributed by atoms with van der Waals surface area (Å²) in [5.74, 6) is 5.98. The summed E-state index contributed by atoms with van der Waals surface area (Å²) in [5, 5.41) is 9.06. The molecule has 1 unspecified atom stereocenters. The maximum atomic E-state index is 9.06. The van der Waals surface area contributed by atoms with Crippen LogP contribution in [0.4, 0.5) is 5.82 Å². The van der Waals surface area contributed by atoms with E-state index in [0.717, 1.165) is 25.3 Å². The average Bonchev–Trinajstić information content (AvgIpc) is 2.39. The zero-order valence-electron chi connectivity index (χ0n) is 9.67. The number of aliphatic hydroxyl groups is 1. The largest absolute Gasteiger partial charge is 0.394 e. The molecule has 0 bridgehead atoms. The molecule has 0 radical (unpaired) electrons. The smallest absolute Gasteiger partial charge is 0.140 e. The lowest BCUT2D eigenvalue weighted by molar-refractivity contribution is -0.0553. The summed E-state index contributed by atoms with van der Waals surface area (Å²) in [4.78, 5) is 6.57. The molecule has 0 saturated carbocycles. The molecule has 0 amide bonds. The molecule has 1 saturated heterocycles. The van der Waals surface area contributed by atoms with Gasteiger partial charge in [0, 0.05) is 19.6 Å². The van der Waals surface area contributed by atoms with Crippen LogP contribution in [0.25, 0.3) is 0 Å². The Bertz CT molecular complexity index is 361. The first-order chi connectivity index (χ1) is 8.31. The Hall–Kier alpha value is -1.21. The first kappa shape index (κ1) is 12.3. The van der Waals surface area contributed by atoms with Crippen LogP contribution in [0.1, 0.15) is 5.69 Å². The van der Waals surface area contributed by atoms with E-state index < -0.39 is 0 Å². The van der Waals surface area contributed by atoms with Crippen LogP contribution in [-0.2, 0) is 11.3 Å². The van der Waals surface area contributed by atoms with Gasteiger partial charge in [-0.2, -0.15) is 0 Å². The third-order valence-corrected chi connectivity index (χ3v) is 2.77. The molecule has 1 aromatic heterocycles. The molecule has 1 aliphatic rings. The SMILES string of the molecule is NNc1cccc(CN2CCOC(CO)C2)n1. The van der Waals surface area contributed by atoms with Gasteiger partial charge in [0.05, 0.1) is 25.0 Å². The molecule has 1 aromatic rings. The minimum Gasteiger partial charge on any atom is -0.394 e. The second-order valence-corrected chi connectivity index (χ2v) is 4.07. The normalized spacial score (nSPS) is 21.4. The second kappa shape index (κ2) is 5.92.